The number of amidine groups is 1. The van der Waals surface area contributed by atoms with Crippen LogP contribution in [0.2, 0.25) is 0 Å². The number of nitrogens with zero attached hydrogens (tertiary/aromatic N) is 2. The van der Waals surface area contributed by atoms with Crippen molar-refractivity contribution in [3.05, 3.63) is 87.3 Å². The second-order valence-corrected chi connectivity index (χ2v) is 6.99. The molecule has 1 amide bonds. The molecule has 0 unspecified atom stereocenters. The van der Waals surface area contributed by atoms with Crippen LogP contribution < -0.4 is 5.32 Å². The number of hydrogen-bond acceptors (Lipinski definition) is 6. The first-order valence-corrected chi connectivity index (χ1v) is 9.19. The molecule has 9 heteroatoms. The van der Waals surface area contributed by atoms with E-state index in [1.54, 1.807) is 30.3 Å². The Kier molecular flexibility index (Phi) is 4.96. The van der Waals surface area contributed by atoms with Gasteiger partial charge in [-0.15, -0.1) is 0 Å². The highest BCUT2D eigenvalue weighted by molar-refractivity contribution is 8.18. The number of hydrogen-bond donors (Lipinski definition) is 1. The molecule has 2 aromatic carbocycles. The Morgan fingerprint density at radius 1 is 1.07 bits per heavy atom. The van der Waals surface area contributed by atoms with Gasteiger partial charge in [-0.25, -0.2) is 9.38 Å². The molecule has 0 aliphatic carbocycles. The maximum atomic E-state index is 13.0. The van der Waals surface area contributed by atoms with Gasteiger partial charge in [-0.05, 0) is 60.3 Å². The number of carbonyl (C=O) groups is 1. The fourth-order valence-corrected chi connectivity index (χ4v) is 3.40. The van der Waals surface area contributed by atoms with Gasteiger partial charge in [-0.2, -0.15) is 0 Å². The van der Waals surface area contributed by atoms with E-state index in [0.29, 0.717) is 32.8 Å². The summed E-state index contributed by atoms with van der Waals surface area (Å²) < 4.78 is 18.7. The Balaban J connectivity index is 1.52. The molecule has 7 nitrogen and oxygen atoms in total. The number of thioether (sulfide) groups is 1. The van der Waals surface area contributed by atoms with Gasteiger partial charge in [0.2, 0.25) is 0 Å². The van der Waals surface area contributed by atoms with Crippen LogP contribution in [0.25, 0.3) is 17.4 Å². The van der Waals surface area contributed by atoms with Gasteiger partial charge in [0, 0.05) is 23.8 Å². The predicted octanol–water partition coefficient (Wildman–Crippen LogP) is 4.89. The van der Waals surface area contributed by atoms with Crippen molar-refractivity contribution >= 4 is 40.3 Å². The van der Waals surface area contributed by atoms with Crippen molar-refractivity contribution in [1.82, 2.24) is 5.32 Å². The van der Waals surface area contributed by atoms with Crippen molar-refractivity contribution < 1.29 is 18.5 Å². The van der Waals surface area contributed by atoms with Crippen LogP contribution in [0.4, 0.5) is 15.8 Å². The van der Waals surface area contributed by atoms with Gasteiger partial charge in [0.1, 0.15) is 17.3 Å². The zero-order chi connectivity index (χ0) is 20.4. The van der Waals surface area contributed by atoms with Crippen molar-refractivity contribution in [3.8, 4) is 11.3 Å². The van der Waals surface area contributed by atoms with Crippen molar-refractivity contribution in [3.63, 3.8) is 0 Å². The number of furan rings is 1. The number of rotatable bonds is 4. The number of nitro groups is 1. The standard InChI is InChI=1S/C20H12FN3O4S/c21-13-3-5-14(6-4-13)22-20-23-19(25)18(29-20)11-16-9-10-17(28-16)12-1-7-15(8-2-12)24(26)27/h1-11H,(H,22,23,25)/b18-11-. The zero-order valence-electron chi connectivity index (χ0n) is 14.7. The number of amides is 1. The van der Waals surface area contributed by atoms with E-state index in [1.165, 1.54) is 36.4 Å². The SMILES string of the molecule is O=C1NC(=Nc2ccc(F)cc2)S/C1=C\c1ccc(-c2ccc([N+](=O)[O-])cc2)o1. The molecule has 1 aliphatic rings. The fourth-order valence-electron chi connectivity index (χ4n) is 2.58. The Bertz CT molecular complexity index is 1150. The summed E-state index contributed by atoms with van der Waals surface area (Å²) in [6.45, 7) is 0. The minimum Gasteiger partial charge on any atom is -0.457 e. The third-order valence-corrected chi connectivity index (χ3v) is 4.88. The summed E-state index contributed by atoms with van der Waals surface area (Å²) >= 11 is 1.14. The average molecular weight is 409 g/mol. The molecule has 0 saturated carbocycles. The van der Waals surface area contributed by atoms with Gasteiger partial charge in [-0.1, -0.05) is 0 Å². The molecule has 0 atom stereocenters. The Morgan fingerprint density at radius 3 is 2.48 bits per heavy atom. The Hall–Kier alpha value is -3.72. The van der Waals surface area contributed by atoms with Crippen LogP contribution in [-0.4, -0.2) is 16.0 Å². The van der Waals surface area contributed by atoms with Gasteiger partial charge in [0.25, 0.3) is 11.6 Å². The van der Waals surface area contributed by atoms with Gasteiger partial charge in [0.15, 0.2) is 5.17 Å². The molecule has 1 aromatic heterocycles. The van der Waals surface area contributed by atoms with Gasteiger partial charge >= 0.3 is 0 Å². The first-order valence-electron chi connectivity index (χ1n) is 8.38. The monoisotopic (exact) mass is 409 g/mol. The number of nitro benzene ring substituents is 1. The normalized spacial score (nSPS) is 16.4. The van der Waals surface area contributed by atoms with E-state index in [1.807, 2.05) is 0 Å². The Labute approximate surface area is 168 Å². The van der Waals surface area contributed by atoms with Crippen LogP contribution in [0, 0.1) is 15.9 Å². The van der Waals surface area contributed by atoms with Crippen molar-refractivity contribution in [2.75, 3.05) is 0 Å². The first-order chi connectivity index (χ1) is 14.0. The first kappa shape index (κ1) is 18.6. The minimum absolute atomic E-state index is 0.00496. The van der Waals surface area contributed by atoms with Crippen LogP contribution in [-0.2, 0) is 4.79 Å². The Morgan fingerprint density at radius 2 is 1.79 bits per heavy atom. The molecule has 1 saturated heterocycles. The quantitative estimate of drug-likeness (QED) is 0.376. The molecule has 4 rings (SSSR count). The molecule has 0 bridgehead atoms. The highest BCUT2D eigenvalue weighted by atomic mass is 32.2. The smallest absolute Gasteiger partial charge is 0.269 e. The van der Waals surface area contributed by atoms with E-state index >= 15 is 0 Å². The number of halogens is 1. The molecule has 1 aliphatic heterocycles. The zero-order valence-corrected chi connectivity index (χ0v) is 15.5. The van der Waals surface area contributed by atoms with E-state index in [2.05, 4.69) is 10.3 Å². The van der Waals surface area contributed by atoms with E-state index in [4.69, 9.17) is 4.42 Å². The third-order valence-electron chi connectivity index (χ3n) is 3.97. The van der Waals surface area contributed by atoms with Crippen LogP contribution in [0.1, 0.15) is 5.76 Å². The molecule has 29 heavy (non-hydrogen) atoms. The summed E-state index contributed by atoms with van der Waals surface area (Å²) in [6.07, 6.45) is 1.59. The predicted molar refractivity (Wildman–Crippen MR) is 108 cm³/mol. The number of carbonyl (C=O) groups excluding carboxylic acids is 1. The number of nitrogens with one attached hydrogen (secondary N) is 1. The average Bonchev–Trinajstić information content (AvgIpc) is 3.31. The maximum Gasteiger partial charge on any atom is 0.269 e. The van der Waals surface area contributed by atoms with Gasteiger partial charge in [-0.3, -0.25) is 14.9 Å². The highest BCUT2D eigenvalue weighted by Crippen LogP contribution is 2.30. The fraction of sp³-hybridized carbons (Fsp3) is 0. The van der Waals surface area contributed by atoms with E-state index < -0.39 is 4.92 Å². The lowest BCUT2D eigenvalue weighted by Crippen LogP contribution is -2.19. The van der Waals surface area contributed by atoms with Crippen molar-refractivity contribution in [2.45, 2.75) is 0 Å². The minimum atomic E-state index is -0.469. The summed E-state index contributed by atoms with van der Waals surface area (Å²) in [7, 11) is 0. The number of non-ortho nitro benzene ring substituents is 1. The molecule has 3 aromatic rings. The van der Waals surface area contributed by atoms with Crippen LogP contribution >= 0.6 is 11.8 Å². The molecule has 0 spiro atoms. The molecule has 2 heterocycles. The summed E-state index contributed by atoms with van der Waals surface area (Å²) in [4.78, 5) is 27.1. The highest BCUT2D eigenvalue weighted by Gasteiger charge is 2.24. The summed E-state index contributed by atoms with van der Waals surface area (Å²) in [5.41, 5.74) is 1.20. The van der Waals surface area contributed by atoms with Gasteiger partial charge < -0.3 is 9.73 Å². The number of aliphatic imine (C=N–C) groups is 1. The maximum absolute atomic E-state index is 13.0. The lowest BCUT2D eigenvalue weighted by Gasteiger charge is -1.96. The second-order valence-electron chi connectivity index (χ2n) is 5.96. The molecular weight excluding hydrogens is 397 g/mol. The largest absolute Gasteiger partial charge is 0.457 e. The second kappa shape index (κ2) is 7.72. The van der Waals surface area contributed by atoms with E-state index in [-0.39, 0.29) is 17.4 Å². The van der Waals surface area contributed by atoms with E-state index in [9.17, 15) is 19.3 Å². The van der Waals surface area contributed by atoms with Crippen LogP contribution in [0.15, 0.2) is 75.0 Å². The molecule has 0 radical (unpaired) electrons. The third kappa shape index (κ3) is 4.25. The summed E-state index contributed by atoms with van der Waals surface area (Å²) in [6, 6.07) is 15.0. The van der Waals surface area contributed by atoms with Crippen LogP contribution in [0.5, 0.6) is 0 Å². The van der Waals surface area contributed by atoms with Crippen LogP contribution in [0.3, 0.4) is 0 Å². The van der Waals surface area contributed by atoms with E-state index in [0.717, 1.165) is 11.8 Å². The topological polar surface area (TPSA) is 97.7 Å². The summed E-state index contributed by atoms with van der Waals surface area (Å²) in [5, 5.41) is 13.8. The molecule has 144 valence electrons. The lowest BCUT2D eigenvalue weighted by molar-refractivity contribution is -0.384. The lowest BCUT2D eigenvalue weighted by atomic mass is 10.1. The van der Waals surface area contributed by atoms with Crippen molar-refractivity contribution in [1.29, 1.82) is 0 Å². The number of benzene rings is 2. The van der Waals surface area contributed by atoms with Gasteiger partial charge in [0.05, 0.1) is 15.5 Å². The molecular formula is C20H12FN3O4S. The van der Waals surface area contributed by atoms with Crippen molar-refractivity contribution in [2.24, 2.45) is 4.99 Å². The molecule has 1 N–H and O–H groups in total. The summed E-state index contributed by atoms with van der Waals surface area (Å²) in [5.74, 6) is 0.304. The molecule has 1 fully saturated rings.